The molecule has 2 aromatic rings. The first-order valence-corrected chi connectivity index (χ1v) is 7.49. The van der Waals surface area contributed by atoms with Gasteiger partial charge in [-0.15, -0.1) is 0 Å². The summed E-state index contributed by atoms with van der Waals surface area (Å²) in [5, 5.41) is 3.48. The summed E-state index contributed by atoms with van der Waals surface area (Å²) in [5.74, 6) is 0.599. The van der Waals surface area contributed by atoms with Crippen molar-refractivity contribution in [3.05, 3.63) is 69.7 Å². The molecule has 2 aromatic carbocycles. The number of rotatable bonds is 5. The van der Waals surface area contributed by atoms with Gasteiger partial charge in [0.25, 0.3) is 0 Å². The van der Waals surface area contributed by atoms with Gasteiger partial charge in [0, 0.05) is 17.6 Å². The Morgan fingerprint density at radius 3 is 2.26 bits per heavy atom. The van der Waals surface area contributed by atoms with Crippen LogP contribution in [0.2, 0.25) is 0 Å². The minimum atomic E-state index is 0.599. The van der Waals surface area contributed by atoms with Crippen molar-refractivity contribution in [1.29, 1.82) is 0 Å². The molecule has 19 heavy (non-hydrogen) atoms. The lowest BCUT2D eigenvalue weighted by Crippen LogP contribution is -2.13. The predicted molar refractivity (Wildman–Crippen MR) is 85.2 cm³/mol. The van der Waals surface area contributed by atoms with Crippen LogP contribution >= 0.6 is 15.9 Å². The van der Waals surface area contributed by atoms with Gasteiger partial charge in [-0.1, -0.05) is 72.2 Å². The van der Waals surface area contributed by atoms with Crippen molar-refractivity contribution in [2.75, 3.05) is 0 Å². The smallest absolute Gasteiger partial charge is 0.0220 e. The first kappa shape index (κ1) is 14.3. The zero-order chi connectivity index (χ0) is 13.7. The molecule has 0 bridgehead atoms. The Hall–Kier alpha value is -1.12. The zero-order valence-corrected chi connectivity index (χ0v) is 13.1. The van der Waals surface area contributed by atoms with Crippen LogP contribution in [0.15, 0.2) is 53.0 Å². The molecule has 0 spiro atoms. The number of nitrogens with one attached hydrogen (secondary N) is 1. The van der Waals surface area contributed by atoms with E-state index in [9.17, 15) is 0 Å². The molecule has 1 nitrogen and oxygen atoms in total. The Bertz CT molecular complexity index is 517. The fourth-order valence-electron chi connectivity index (χ4n) is 2.00. The summed E-state index contributed by atoms with van der Waals surface area (Å²) in [5.41, 5.74) is 4.02. The van der Waals surface area contributed by atoms with E-state index in [-0.39, 0.29) is 0 Å². The van der Waals surface area contributed by atoms with Gasteiger partial charge in [-0.2, -0.15) is 0 Å². The van der Waals surface area contributed by atoms with E-state index in [2.05, 4.69) is 77.6 Å². The second-order valence-corrected chi connectivity index (χ2v) is 5.95. The third-order valence-electron chi connectivity index (χ3n) is 3.25. The Morgan fingerprint density at radius 1 is 0.947 bits per heavy atom. The molecule has 0 fully saturated rings. The van der Waals surface area contributed by atoms with Crippen LogP contribution < -0.4 is 5.32 Å². The molecule has 0 aromatic heterocycles. The van der Waals surface area contributed by atoms with Gasteiger partial charge in [-0.3, -0.25) is 0 Å². The van der Waals surface area contributed by atoms with Gasteiger partial charge < -0.3 is 5.32 Å². The average molecular weight is 318 g/mol. The lowest BCUT2D eigenvalue weighted by Gasteiger charge is -2.09. The zero-order valence-electron chi connectivity index (χ0n) is 11.5. The van der Waals surface area contributed by atoms with Crippen LogP contribution in [0, 0.1) is 0 Å². The molecule has 2 rings (SSSR count). The summed E-state index contributed by atoms with van der Waals surface area (Å²) in [6.45, 7) is 6.23. The molecular weight excluding hydrogens is 298 g/mol. The highest BCUT2D eigenvalue weighted by atomic mass is 79.9. The van der Waals surface area contributed by atoms with Gasteiger partial charge in [-0.25, -0.2) is 0 Å². The van der Waals surface area contributed by atoms with Crippen molar-refractivity contribution >= 4 is 15.9 Å². The van der Waals surface area contributed by atoms with Crippen LogP contribution in [0.25, 0.3) is 0 Å². The second-order valence-electron chi connectivity index (χ2n) is 5.09. The number of hydrogen-bond acceptors (Lipinski definition) is 1. The maximum atomic E-state index is 3.57. The van der Waals surface area contributed by atoms with Crippen molar-refractivity contribution in [3.63, 3.8) is 0 Å². The Balaban J connectivity index is 1.87. The third-order valence-corrected chi connectivity index (χ3v) is 4.02. The maximum Gasteiger partial charge on any atom is 0.0220 e. The maximum absolute atomic E-state index is 3.57. The Labute approximate surface area is 124 Å². The van der Waals surface area contributed by atoms with Gasteiger partial charge >= 0.3 is 0 Å². The van der Waals surface area contributed by atoms with E-state index >= 15 is 0 Å². The van der Waals surface area contributed by atoms with Gasteiger partial charge in [0.2, 0.25) is 0 Å². The second kappa shape index (κ2) is 6.88. The van der Waals surface area contributed by atoms with Gasteiger partial charge in [0.15, 0.2) is 0 Å². The minimum absolute atomic E-state index is 0.599. The largest absolute Gasteiger partial charge is 0.309 e. The molecule has 0 radical (unpaired) electrons. The summed E-state index contributed by atoms with van der Waals surface area (Å²) in [7, 11) is 0. The van der Waals surface area contributed by atoms with Crippen LogP contribution in [0.5, 0.6) is 0 Å². The molecule has 0 saturated carbocycles. The van der Waals surface area contributed by atoms with Crippen molar-refractivity contribution in [3.8, 4) is 0 Å². The fraction of sp³-hybridized carbons (Fsp3) is 0.294. The molecule has 100 valence electrons. The van der Waals surface area contributed by atoms with Crippen LogP contribution in [-0.4, -0.2) is 0 Å². The van der Waals surface area contributed by atoms with Crippen LogP contribution in [0.4, 0.5) is 0 Å². The fourth-order valence-corrected chi connectivity index (χ4v) is 2.43. The summed E-state index contributed by atoms with van der Waals surface area (Å²) < 4.78 is 1.16. The van der Waals surface area contributed by atoms with Gasteiger partial charge in [0.1, 0.15) is 0 Å². The Kier molecular flexibility index (Phi) is 5.17. The van der Waals surface area contributed by atoms with Gasteiger partial charge in [0.05, 0.1) is 0 Å². The van der Waals surface area contributed by atoms with E-state index in [0.717, 1.165) is 17.6 Å². The van der Waals surface area contributed by atoms with Crippen LogP contribution in [0.1, 0.15) is 36.5 Å². The highest BCUT2D eigenvalue weighted by Gasteiger charge is 2.00. The average Bonchev–Trinajstić information content (AvgIpc) is 2.41. The standard InChI is InChI=1S/C17H20BrN/c1-13(2)15-9-7-14(8-10-15)11-19-12-16-5-3-4-6-17(16)18/h3-10,13,19H,11-12H2,1-2H3. The molecule has 2 heteroatoms. The van der Waals surface area contributed by atoms with E-state index in [1.807, 2.05) is 6.07 Å². The summed E-state index contributed by atoms with van der Waals surface area (Å²) >= 11 is 3.57. The summed E-state index contributed by atoms with van der Waals surface area (Å²) in [4.78, 5) is 0. The summed E-state index contributed by atoms with van der Waals surface area (Å²) in [6.07, 6.45) is 0. The number of hydrogen-bond donors (Lipinski definition) is 1. The highest BCUT2D eigenvalue weighted by molar-refractivity contribution is 9.10. The molecular formula is C17H20BrN. The van der Waals surface area contributed by atoms with E-state index in [1.165, 1.54) is 16.7 Å². The molecule has 0 unspecified atom stereocenters. The molecule has 0 saturated heterocycles. The SMILES string of the molecule is CC(C)c1ccc(CNCc2ccccc2Br)cc1. The predicted octanol–water partition coefficient (Wildman–Crippen LogP) is 4.86. The first-order valence-electron chi connectivity index (χ1n) is 6.70. The van der Waals surface area contributed by atoms with Crippen LogP contribution in [-0.2, 0) is 13.1 Å². The van der Waals surface area contributed by atoms with E-state index in [1.54, 1.807) is 0 Å². The number of halogens is 1. The van der Waals surface area contributed by atoms with Gasteiger partial charge in [-0.05, 0) is 28.7 Å². The first-order chi connectivity index (χ1) is 9.16. The van der Waals surface area contributed by atoms with Crippen molar-refractivity contribution in [1.82, 2.24) is 5.32 Å². The molecule has 0 amide bonds. The lowest BCUT2D eigenvalue weighted by molar-refractivity contribution is 0.691. The van der Waals surface area contributed by atoms with E-state index < -0.39 is 0 Å². The van der Waals surface area contributed by atoms with E-state index in [0.29, 0.717) is 5.92 Å². The highest BCUT2D eigenvalue weighted by Crippen LogP contribution is 2.16. The number of benzene rings is 2. The van der Waals surface area contributed by atoms with Crippen LogP contribution in [0.3, 0.4) is 0 Å². The minimum Gasteiger partial charge on any atom is -0.309 e. The normalized spacial score (nSPS) is 10.9. The molecule has 0 aliphatic carbocycles. The molecule has 0 aliphatic heterocycles. The monoisotopic (exact) mass is 317 g/mol. The lowest BCUT2D eigenvalue weighted by atomic mass is 10.0. The third kappa shape index (κ3) is 4.19. The molecule has 1 N–H and O–H groups in total. The molecule has 0 aliphatic rings. The quantitative estimate of drug-likeness (QED) is 0.830. The van der Waals surface area contributed by atoms with Crippen molar-refractivity contribution in [2.24, 2.45) is 0 Å². The molecule has 0 heterocycles. The Morgan fingerprint density at radius 2 is 1.63 bits per heavy atom. The molecule has 0 atom stereocenters. The van der Waals surface area contributed by atoms with Crippen molar-refractivity contribution < 1.29 is 0 Å². The summed E-state index contributed by atoms with van der Waals surface area (Å²) in [6, 6.07) is 17.2. The van der Waals surface area contributed by atoms with Crippen molar-refractivity contribution in [2.45, 2.75) is 32.9 Å². The van der Waals surface area contributed by atoms with E-state index in [4.69, 9.17) is 0 Å². The topological polar surface area (TPSA) is 12.0 Å².